The van der Waals surface area contributed by atoms with E-state index in [1.807, 2.05) is 26.8 Å². The lowest BCUT2D eigenvalue weighted by molar-refractivity contribution is 0.787. The van der Waals surface area contributed by atoms with Crippen molar-refractivity contribution in [1.29, 1.82) is 0 Å². The van der Waals surface area contributed by atoms with Crippen molar-refractivity contribution in [3.05, 3.63) is 33.5 Å². The molecule has 0 radical (unpaired) electrons. The number of aromatic nitrogens is 3. The number of pyridine rings is 1. The molecule has 0 N–H and O–H groups in total. The van der Waals surface area contributed by atoms with Gasteiger partial charge in [-0.15, -0.1) is 0 Å². The van der Waals surface area contributed by atoms with Crippen LogP contribution < -0.4 is 5.56 Å². The fraction of sp³-hybridized carbons (Fsp3) is 0.364. The van der Waals surface area contributed by atoms with E-state index < -0.39 is 0 Å². The van der Waals surface area contributed by atoms with Gasteiger partial charge in [0.2, 0.25) is 0 Å². The summed E-state index contributed by atoms with van der Waals surface area (Å²) in [6, 6.07) is 1.94. The van der Waals surface area contributed by atoms with Gasteiger partial charge in [-0.05, 0) is 32.4 Å². The van der Waals surface area contributed by atoms with Crippen molar-refractivity contribution in [2.24, 2.45) is 7.05 Å². The lowest BCUT2D eigenvalue weighted by Gasteiger charge is -2.07. The third kappa shape index (κ3) is 1.42. The van der Waals surface area contributed by atoms with Crippen molar-refractivity contribution in [3.8, 4) is 0 Å². The van der Waals surface area contributed by atoms with Gasteiger partial charge in [-0.25, -0.2) is 9.97 Å². The van der Waals surface area contributed by atoms with E-state index in [0.717, 1.165) is 11.3 Å². The molecule has 0 saturated carbocycles. The van der Waals surface area contributed by atoms with Gasteiger partial charge in [0.1, 0.15) is 5.82 Å². The lowest BCUT2D eigenvalue weighted by atomic mass is 10.2. The van der Waals surface area contributed by atoms with Crippen molar-refractivity contribution >= 4 is 11.0 Å². The van der Waals surface area contributed by atoms with E-state index in [2.05, 4.69) is 9.97 Å². The maximum atomic E-state index is 11.9. The summed E-state index contributed by atoms with van der Waals surface area (Å²) in [4.78, 5) is 20.5. The van der Waals surface area contributed by atoms with Gasteiger partial charge in [0.05, 0.1) is 5.52 Å². The molecule has 4 nitrogen and oxygen atoms in total. The van der Waals surface area contributed by atoms with Crippen molar-refractivity contribution < 1.29 is 0 Å². The Morgan fingerprint density at radius 2 is 1.80 bits per heavy atom. The van der Waals surface area contributed by atoms with Crippen molar-refractivity contribution in [3.63, 3.8) is 0 Å². The molecule has 15 heavy (non-hydrogen) atoms. The van der Waals surface area contributed by atoms with Gasteiger partial charge in [0.25, 0.3) is 5.56 Å². The second-order valence-electron chi connectivity index (χ2n) is 3.80. The first-order chi connectivity index (χ1) is 7.00. The molecule has 0 amide bonds. The van der Waals surface area contributed by atoms with Crippen LogP contribution in [0.1, 0.15) is 17.1 Å². The molecule has 2 aromatic heterocycles. The topological polar surface area (TPSA) is 47.8 Å². The fourth-order valence-electron chi connectivity index (χ4n) is 1.66. The Morgan fingerprint density at radius 1 is 1.13 bits per heavy atom. The molecule has 2 aromatic rings. The van der Waals surface area contributed by atoms with Gasteiger partial charge in [0.15, 0.2) is 5.52 Å². The summed E-state index contributed by atoms with van der Waals surface area (Å²) in [6.07, 6.45) is 0. The SMILES string of the molecule is Cc1cc(C)c2nc(C)n(C)c(=O)c2n1. The molecule has 0 aliphatic heterocycles. The Bertz CT molecular complexity index is 599. The van der Waals surface area contributed by atoms with E-state index >= 15 is 0 Å². The molecule has 0 unspecified atom stereocenters. The highest BCUT2D eigenvalue weighted by Crippen LogP contribution is 2.12. The average molecular weight is 203 g/mol. The highest BCUT2D eigenvalue weighted by atomic mass is 16.1. The van der Waals surface area contributed by atoms with Crippen LogP contribution in [-0.2, 0) is 7.05 Å². The second-order valence-corrected chi connectivity index (χ2v) is 3.80. The van der Waals surface area contributed by atoms with E-state index in [1.54, 1.807) is 7.05 Å². The highest BCUT2D eigenvalue weighted by Gasteiger charge is 2.09. The molecule has 2 rings (SSSR count). The largest absolute Gasteiger partial charge is 0.298 e. The van der Waals surface area contributed by atoms with Crippen LogP contribution in [-0.4, -0.2) is 14.5 Å². The Labute approximate surface area is 87.6 Å². The van der Waals surface area contributed by atoms with Crippen LogP contribution in [0.2, 0.25) is 0 Å². The molecule has 0 saturated heterocycles. The minimum absolute atomic E-state index is 0.0794. The first-order valence-electron chi connectivity index (χ1n) is 4.82. The van der Waals surface area contributed by atoms with Gasteiger partial charge in [-0.1, -0.05) is 0 Å². The number of fused-ring (bicyclic) bond motifs is 1. The summed E-state index contributed by atoms with van der Waals surface area (Å²) < 4.78 is 1.52. The minimum Gasteiger partial charge on any atom is -0.298 e. The van der Waals surface area contributed by atoms with Gasteiger partial charge in [0, 0.05) is 12.7 Å². The number of hydrogen-bond donors (Lipinski definition) is 0. The quantitative estimate of drug-likeness (QED) is 0.647. The van der Waals surface area contributed by atoms with E-state index in [0.29, 0.717) is 16.9 Å². The first-order valence-corrected chi connectivity index (χ1v) is 4.82. The summed E-state index contributed by atoms with van der Waals surface area (Å²) in [6.45, 7) is 5.65. The maximum absolute atomic E-state index is 11.9. The Hall–Kier alpha value is -1.71. The Balaban J connectivity index is 3.06. The molecule has 0 aromatic carbocycles. The van der Waals surface area contributed by atoms with Crippen LogP contribution in [0.4, 0.5) is 0 Å². The van der Waals surface area contributed by atoms with Crippen molar-refractivity contribution in [2.45, 2.75) is 20.8 Å². The number of rotatable bonds is 0. The molecule has 2 heterocycles. The Kier molecular flexibility index (Phi) is 2.07. The summed E-state index contributed by atoms with van der Waals surface area (Å²) in [5, 5.41) is 0. The first kappa shape index (κ1) is 9.83. The molecule has 78 valence electrons. The molecule has 0 bridgehead atoms. The predicted molar refractivity (Wildman–Crippen MR) is 59.0 cm³/mol. The molecule has 0 aliphatic carbocycles. The summed E-state index contributed by atoms with van der Waals surface area (Å²) in [5.74, 6) is 0.709. The van der Waals surface area contributed by atoms with Gasteiger partial charge in [-0.3, -0.25) is 9.36 Å². The molecule has 0 aliphatic rings. The lowest BCUT2D eigenvalue weighted by Crippen LogP contribution is -2.22. The monoisotopic (exact) mass is 203 g/mol. The second kappa shape index (κ2) is 3.15. The van der Waals surface area contributed by atoms with E-state index in [1.165, 1.54) is 4.57 Å². The molecule has 4 heteroatoms. The van der Waals surface area contributed by atoms with Crippen LogP contribution >= 0.6 is 0 Å². The van der Waals surface area contributed by atoms with Crippen molar-refractivity contribution in [1.82, 2.24) is 14.5 Å². The molecular formula is C11H13N3O. The third-order valence-corrected chi connectivity index (χ3v) is 2.58. The number of nitrogens with zero attached hydrogens (tertiary/aromatic N) is 3. The Morgan fingerprint density at radius 3 is 2.47 bits per heavy atom. The van der Waals surface area contributed by atoms with Crippen LogP contribution in [0.15, 0.2) is 10.9 Å². The smallest absolute Gasteiger partial charge is 0.279 e. The van der Waals surface area contributed by atoms with E-state index in [4.69, 9.17) is 0 Å². The minimum atomic E-state index is -0.0794. The van der Waals surface area contributed by atoms with Crippen LogP contribution in [0.3, 0.4) is 0 Å². The van der Waals surface area contributed by atoms with E-state index in [-0.39, 0.29) is 5.56 Å². The van der Waals surface area contributed by atoms with Gasteiger partial charge < -0.3 is 0 Å². The molecule has 0 atom stereocenters. The zero-order chi connectivity index (χ0) is 11.2. The maximum Gasteiger partial charge on any atom is 0.279 e. The third-order valence-electron chi connectivity index (χ3n) is 2.58. The van der Waals surface area contributed by atoms with Crippen molar-refractivity contribution in [2.75, 3.05) is 0 Å². The molecule has 0 fully saturated rings. The zero-order valence-electron chi connectivity index (χ0n) is 9.33. The highest BCUT2D eigenvalue weighted by molar-refractivity contribution is 5.76. The van der Waals surface area contributed by atoms with Gasteiger partial charge in [-0.2, -0.15) is 0 Å². The number of aryl methyl sites for hydroxylation is 3. The predicted octanol–water partition coefficient (Wildman–Crippen LogP) is 1.25. The zero-order valence-corrected chi connectivity index (χ0v) is 9.33. The van der Waals surface area contributed by atoms with Gasteiger partial charge >= 0.3 is 0 Å². The average Bonchev–Trinajstić information content (AvgIpc) is 2.17. The summed E-state index contributed by atoms with van der Waals surface area (Å²) in [7, 11) is 1.71. The standard InChI is InChI=1S/C11H13N3O/c1-6-5-7(2)12-10-9(6)13-8(3)14(4)11(10)15/h5H,1-4H3. The molecular weight excluding hydrogens is 190 g/mol. The number of hydrogen-bond acceptors (Lipinski definition) is 3. The fourth-order valence-corrected chi connectivity index (χ4v) is 1.66. The summed E-state index contributed by atoms with van der Waals surface area (Å²) >= 11 is 0. The van der Waals surface area contributed by atoms with E-state index in [9.17, 15) is 4.79 Å². The van der Waals surface area contributed by atoms with Crippen LogP contribution in [0, 0.1) is 20.8 Å². The van der Waals surface area contributed by atoms with Crippen LogP contribution in [0.5, 0.6) is 0 Å². The van der Waals surface area contributed by atoms with Crippen LogP contribution in [0.25, 0.3) is 11.0 Å². The summed E-state index contributed by atoms with van der Waals surface area (Å²) in [5.41, 5.74) is 2.94. The molecule has 0 spiro atoms. The normalized spacial score (nSPS) is 10.9.